The largest absolute Gasteiger partial charge is 0.395 e. The minimum absolute atomic E-state index is 0.0758. The van der Waals surface area contributed by atoms with Gasteiger partial charge in [0.1, 0.15) is 5.56 Å². The summed E-state index contributed by atoms with van der Waals surface area (Å²) < 4.78 is 0. The highest BCUT2D eigenvalue weighted by Crippen LogP contribution is 2.24. The summed E-state index contributed by atoms with van der Waals surface area (Å²) in [7, 11) is 0. The fraction of sp³-hybridized carbons (Fsp3) is 0.462. The number of benzene rings is 1. The highest BCUT2D eigenvalue weighted by molar-refractivity contribution is 5.98. The second-order valence-electron chi connectivity index (χ2n) is 4.24. The average molecular weight is 266 g/mol. The Hall–Kier alpha value is -1.95. The van der Waals surface area contributed by atoms with Crippen molar-refractivity contribution in [2.75, 3.05) is 19.7 Å². The molecule has 1 aromatic rings. The van der Waals surface area contributed by atoms with Crippen LogP contribution in [-0.4, -0.2) is 40.5 Å². The van der Waals surface area contributed by atoms with E-state index in [1.165, 1.54) is 11.0 Å². The van der Waals surface area contributed by atoms with E-state index in [-0.39, 0.29) is 24.4 Å². The molecule has 0 unspecified atom stereocenters. The van der Waals surface area contributed by atoms with Gasteiger partial charge in [0.15, 0.2) is 0 Å². The minimum atomic E-state index is -0.536. The van der Waals surface area contributed by atoms with E-state index in [4.69, 9.17) is 5.11 Å². The second-order valence-corrected chi connectivity index (χ2v) is 4.24. The molecule has 0 saturated heterocycles. The van der Waals surface area contributed by atoms with Crippen molar-refractivity contribution in [1.29, 1.82) is 0 Å². The van der Waals surface area contributed by atoms with Crippen molar-refractivity contribution in [2.45, 2.75) is 20.3 Å². The number of amides is 1. The zero-order valence-corrected chi connectivity index (χ0v) is 11.1. The number of nitro benzene ring substituents is 1. The van der Waals surface area contributed by atoms with Crippen LogP contribution in [0.15, 0.2) is 18.2 Å². The van der Waals surface area contributed by atoms with E-state index in [1.54, 1.807) is 19.1 Å². The lowest BCUT2D eigenvalue weighted by Gasteiger charge is -2.21. The molecule has 0 heterocycles. The molecule has 0 atom stereocenters. The van der Waals surface area contributed by atoms with Gasteiger partial charge in [-0.05, 0) is 19.4 Å². The molecule has 0 radical (unpaired) electrons. The number of hydrogen-bond donors (Lipinski definition) is 1. The molecule has 1 aromatic carbocycles. The quantitative estimate of drug-likeness (QED) is 0.628. The number of para-hydroxylation sites is 1. The molecule has 0 aliphatic rings. The maximum absolute atomic E-state index is 12.3. The molecule has 6 heteroatoms. The summed E-state index contributed by atoms with van der Waals surface area (Å²) in [6.07, 6.45) is 0.728. The first-order chi connectivity index (χ1) is 9.02. The highest BCUT2D eigenvalue weighted by Gasteiger charge is 2.25. The number of rotatable bonds is 6. The first-order valence-corrected chi connectivity index (χ1v) is 6.17. The lowest BCUT2D eigenvalue weighted by Crippen LogP contribution is -2.34. The molecule has 0 aliphatic carbocycles. The number of aliphatic hydroxyl groups is 1. The van der Waals surface area contributed by atoms with Gasteiger partial charge >= 0.3 is 0 Å². The third-order valence-corrected chi connectivity index (χ3v) is 2.80. The minimum Gasteiger partial charge on any atom is -0.395 e. The Morgan fingerprint density at radius 1 is 1.42 bits per heavy atom. The third-order valence-electron chi connectivity index (χ3n) is 2.80. The van der Waals surface area contributed by atoms with Crippen molar-refractivity contribution in [3.8, 4) is 0 Å². The first-order valence-electron chi connectivity index (χ1n) is 6.17. The molecule has 19 heavy (non-hydrogen) atoms. The molecule has 1 rings (SSSR count). The molecule has 1 amide bonds. The molecule has 104 valence electrons. The maximum Gasteiger partial charge on any atom is 0.285 e. The Morgan fingerprint density at radius 3 is 2.63 bits per heavy atom. The van der Waals surface area contributed by atoms with Gasteiger partial charge in [-0.1, -0.05) is 19.1 Å². The predicted octanol–water partition coefficient (Wildman–Crippen LogP) is 1.75. The SMILES string of the molecule is CCCN(CCO)C(=O)c1cccc(C)c1[N+](=O)[O-]. The summed E-state index contributed by atoms with van der Waals surface area (Å²) in [5.74, 6) is -0.411. The van der Waals surface area contributed by atoms with Crippen molar-refractivity contribution in [3.63, 3.8) is 0 Å². The van der Waals surface area contributed by atoms with Crippen LogP contribution in [-0.2, 0) is 0 Å². The van der Waals surface area contributed by atoms with Crippen LogP contribution < -0.4 is 0 Å². The van der Waals surface area contributed by atoms with E-state index in [9.17, 15) is 14.9 Å². The summed E-state index contributed by atoms with van der Waals surface area (Å²) in [6, 6.07) is 4.68. The van der Waals surface area contributed by atoms with Crippen LogP contribution >= 0.6 is 0 Å². The molecular formula is C13H18N2O4. The number of aryl methyl sites for hydroxylation is 1. The average Bonchev–Trinajstić information content (AvgIpc) is 2.37. The van der Waals surface area contributed by atoms with Crippen molar-refractivity contribution in [3.05, 3.63) is 39.4 Å². The molecular weight excluding hydrogens is 248 g/mol. The number of nitrogens with zero attached hydrogens (tertiary/aromatic N) is 2. The lowest BCUT2D eigenvalue weighted by molar-refractivity contribution is -0.385. The molecule has 0 aliphatic heterocycles. The molecule has 0 fully saturated rings. The van der Waals surface area contributed by atoms with Crippen LogP contribution in [0, 0.1) is 17.0 Å². The Balaban J connectivity index is 3.17. The highest BCUT2D eigenvalue weighted by atomic mass is 16.6. The van der Waals surface area contributed by atoms with Crippen LogP contribution in [0.5, 0.6) is 0 Å². The number of carbonyl (C=O) groups is 1. The molecule has 0 spiro atoms. The number of carbonyl (C=O) groups excluding carboxylic acids is 1. The van der Waals surface area contributed by atoms with Gasteiger partial charge < -0.3 is 10.0 Å². The Labute approximate surface area is 111 Å². The molecule has 0 saturated carbocycles. The van der Waals surface area contributed by atoms with Crippen LogP contribution in [0.25, 0.3) is 0 Å². The van der Waals surface area contributed by atoms with Gasteiger partial charge in [-0.15, -0.1) is 0 Å². The zero-order chi connectivity index (χ0) is 14.4. The third kappa shape index (κ3) is 3.51. The Kier molecular flexibility index (Phi) is 5.44. The zero-order valence-electron chi connectivity index (χ0n) is 11.1. The van der Waals surface area contributed by atoms with Gasteiger partial charge in [-0.2, -0.15) is 0 Å². The first kappa shape index (κ1) is 15.1. The van der Waals surface area contributed by atoms with Crippen molar-refractivity contribution in [1.82, 2.24) is 4.90 Å². The van der Waals surface area contributed by atoms with Crippen molar-refractivity contribution >= 4 is 11.6 Å². The summed E-state index contributed by atoms with van der Waals surface area (Å²) in [6.45, 7) is 3.99. The van der Waals surface area contributed by atoms with Crippen molar-refractivity contribution in [2.24, 2.45) is 0 Å². The van der Waals surface area contributed by atoms with Crippen LogP contribution in [0.4, 0.5) is 5.69 Å². The topological polar surface area (TPSA) is 83.7 Å². The van der Waals surface area contributed by atoms with Gasteiger partial charge in [-0.25, -0.2) is 0 Å². The number of aliphatic hydroxyl groups excluding tert-OH is 1. The van der Waals surface area contributed by atoms with Gasteiger partial charge in [0.05, 0.1) is 11.5 Å². The molecule has 0 bridgehead atoms. The van der Waals surface area contributed by atoms with Crippen LogP contribution in [0.1, 0.15) is 29.3 Å². The maximum atomic E-state index is 12.3. The van der Waals surface area contributed by atoms with Crippen LogP contribution in [0.3, 0.4) is 0 Å². The molecule has 1 N–H and O–H groups in total. The van der Waals surface area contributed by atoms with Gasteiger partial charge in [0, 0.05) is 18.7 Å². The van der Waals surface area contributed by atoms with Crippen LogP contribution in [0.2, 0.25) is 0 Å². The van der Waals surface area contributed by atoms with Gasteiger partial charge in [-0.3, -0.25) is 14.9 Å². The number of nitro groups is 1. The molecule has 6 nitrogen and oxygen atoms in total. The van der Waals surface area contributed by atoms with Crippen molar-refractivity contribution < 1.29 is 14.8 Å². The van der Waals surface area contributed by atoms with E-state index >= 15 is 0 Å². The fourth-order valence-corrected chi connectivity index (χ4v) is 1.95. The van der Waals surface area contributed by atoms with E-state index in [0.29, 0.717) is 12.1 Å². The molecule has 0 aromatic heterocycles. The fourth-order valence-electron chi connectivity index (χ4n) is 1.95. The Bertz CT molecular complexity index is 468. The Morgan fingerprint density at radius 2 is 2.11 bits per heavy atom. The monoisotopic (exact) mass is 266 g/mol. The van der Waals surface area contributed by atoms with E-state index < -0.39 is 10.8 Å². The number of hydrogen-bond acceptors (Lipinski definition) is 4. The summed E-state index contributed by atoms with van der Waals surface area (Å²) in [4.78, 5) is 24.3. The van der Waals surface area contributed by atoms with E-state index in [1.807, 2.05) is 6.92 Å². The lowest BCUT2D eigenvalue weighted by atomic mass is 10.1. The second kappa shape index (κ2) is 6.84. The smallest absolute Gasteiger partial charge is 0.285 e. The van der Waals surface area contributed by atoms with Gasteiger partial charge in [0.2, 0.25) is 0 Å². The van der Waals surface area contributed by atoms with E-state index in [2.05, 4.69) is 0 Å². The van der Waals surface area contributed by atoms with E-state index in [0.717, 1.165) is 6.42 Å². The summed E-state index contributed by atoms with van der Waals surface area (Å²) >= 11 is 0. The normalized spacial score (nSPS) is 10.3. The summed E-state index contributed by atoms with van der Waals surface area (Å²) in [5.41, 5.74) is 0.370. The predicted molar refractivity (Wildman–Crippen MR) is 71.1 cm³/mol. The van der Waals surface area contributed by atoms with Gasteiger partial charge in [0.25, 0.3) is 11.6 Å². The standard InChI is InChI=1S/C13H18N2O4/c1-3-7-14(8-9-16)13(17)11-6-4-5-10(2)12(11)15(18)19/h4-6,16H,3,7-9H2,1-2H3. The summed E-state index contributed by atoms with van der Waals surface area (Å²) in [5, 5.41) is 20.0.